The van der Waals surface area contributed by atoms with Crippen LogP contribution in [0.4, 0.5) is 17.6 Å². The van der Waals surface area contributed by atoms with Crippen molar-refractivity contribution in [2.24, 2.45) is 0 Å². The molecule has 5 aromatic rings. The first-order valence-corrected chi connectivity index (χ1v) is 12.3. The van der Waals surface area contributed by atoms with E-state index >= 15 is 0 Å². The fourth-order valence-electron chi connectivity index (χ4n) is 4.93. The molecule has 10 heteroatoms. The van der Waals surface area contributed by atoms with Crippen molar-refractivity contribution in [2.45, 2.75) is 18.9 Å². The van der Waals surface area contributed by atoms with E-state index in [2.05, 4.69) is 44.9 Å². The number of fused-ring (bicyclic) bond motifs is 2. The number of aryl methyl sites for hydroxylation is 1. The van der Waals surface area contributed by atoms with Crippen molar-refractivity contribution in [2.75, 3.05) is 32.0 Å². The Labute approximate surface area is 219 Å². The highest BCUT2D eigenvalue weighted by molar-refractivity contribution is 5.80. The first-order chi connectivity index (χ1) is 18.7. The zero-order valence-corrected chi connectivity index (χ0v) is 21.3. The maximum absolute atomic E-state index is 5.47. The van der Waals surface area contributed by atoms with Crippen LogP contribution in [0.3, 0.4) is 0 Å². The first kappa shape index (κ1) is 23.5. The number of benzene rings is 3. The molecule has 0 spiro atoms. The van der Waals surface area contributed by atoms with E-state index in [-0.39, 0.29) is 6.04 Å². The van der Waals surface area contributed by atoms with Crippen LogP contribution in [0.5, 0.6) is 17.2 Å². The molecular weight excluding hydrogens is 482 g/mol. The molecule has 0 fully saturated rings. The van der Waals surface area contributed by atoms with E-state index in [1.807, 2.05) is 28.8 Å². The standard InChI is InChI=1S/C28H27N7O3/c1-36-23-14-18(15-24(37-2)25(23)38-3)31-26-29-16-30-27(34-26)35-22-11-7-6-10-21(22)33-28(35)32-20-13-12-17-8-4-5-9-19(17)20/h4-11,14-16,20H,12-13H2,1-3H3,(H,32,33)(H,29,30,31,34). The summed E-state index contributed by atoms with van der Waals surface area (Å²) in [4.78, 5) is 18.5. The quantitative estimate of drug-likeness (QED) is 0.296. The Hall–Kier alpha value is -4.86. The zero-order valence-electron chi connectivity index (χ0n) is 21.3. The number of hydrogen-bond donors (Lipinski definition) is 2. The zero-order chi connectivity index (χ0) is 26.1. The van der Waals surface area contributed by atoms with Crippen molar-refractivity contribution >= 4 is 28.6 Å². The van der Waals surface area contributed by atoms with E-state index in [0.717, 1.165) is 23.9 Å². The van der Waals surface area contributed by atoms with Gasteiger partial charge in [0.25, 0.3) is 0 Å². The number of nitrogens with zero attached hydrogens (tertiary/aromatic N) is 5. The highest BCUT2D eigenvalue weighted by Crippen LogP contribution is 2.40. The predicted octanol–water partition coefficient (Wildman–Crippen LogP) is 5.08. The van der Waals surface area contributed by atoms with Crippen LogP contribution in [-0.4, -0.2) is 45.8 Å². The van der Waals surface area contributed by atoms with Crippen LogP contribution in [0.2, 0.25) is 0 Å². The van der Waals surface area contributed by atoms with Crippen LogP contribution in [-0.2, 0) is 6.42 Å². The first-order valence-electron chi connectivity index (χ1n) is 12.3. The summed E-state index contributed by atoms with van der Waals surface area (Å²) in [6, 6.07) is 20.2. The van der Waals surface area contributed by atoms with Gasteiger partial charge in [-0.05, 0) is 36.1 Å². The van der Waals surface area contributed by atoms with Gasteiger partial charge >= 0.3 is 0 Å². The van der Waals surface area contributed by atoms with E-state index in [4.69, 9.17) is 24.2 Å². The Morgan fingerprint density at radius 2 is 1.63 bits per heavy atom. The van der Waals surface area contributed by atoms with Crippen molar-refractivity contribution in [1.82, 2.24) is 24.5 Å². The molecule has 0 amide bonds. The van der Waals surface area contributed by atoms with Gasteiger partial charge in [0.1, 0.15) is 6.33 Å². The summed E-state index contributed by atoms with van der Waals surface area (Å²) in [6.07, 6.45) is 3.50. The van der Waals surface area contributed by atoms with Gasteiger partial charge in [0, 0.05) is 17.8 Å². The molecule has 2 aromatic heterocycles. The molecule has 1 atom stereocenters. The van der Waals surface area contributed by atoms with Crippen LogP contribution < -0.4 is 24.8 Å². The molecule has 0 aliphatic heterocycles. The molecule has 192 valence electrons. The smallest absolute Gasteiger partial charge is 0.241 e. The normalized spacial score (nSPS) is 14.2. The summed E-state index contributed by atoms with van der Waals surface area (Å²) in [5, 5.41) is 6.88. The summed E-state index contributed by atoms with van der Waals surface area (Å²) < 4.78 is 18.3. The topological polar surface area (TPSA) is 108 Å². The predicted molar refractivity (Wildman–Crippen MR) is 145 cm³/mol. The minimum atomic E-state index is 0.153. The van der Waals surface area contributed by atoms with Gasteiger partial charge in [0.15, 0.2) is 11.5 Å². The summed E-state index contributed by atoms with van der Waals surface area (Å²) in [5.41, 5.74) is 5.08. The summed E-state index contributed by atoms with van der Waals surface area (Å²) >= 11 is 0. The lowest BCUT2D eigenvalue weighted by atomic mass is 10.1. The third kappa shape index (κ3) is 4.19. The van der Waals surface area contributed by atoms with E-state index in [0.29, 0.717) is 40.8 Å². The molecule has 3 aromatic carbocycles. The number of rotatable bonds is 8. The number of imidazole rings is 1. The van der Waals surface area contributed by atoms with E-state index in [1.54, 1.807) is 33.5 Å². The molecular formula is C28H27N7O3. The fraction of sp³-hybridized carbons (Fsp3) is 0.214. The maximum atomic E-state index is 5.47. The number of anilines is 3. The van der Waals surface area contributed by atoms with Gasteiger partial charge in [0.05, 0.1) is 38.4 Å². The molecule has 10 nitrogen and oxygen atoms in total. The number of methoxy groups -OCH3 is 3. The van der Waals surface area contributed by atoms with Gasteiger partial charge in [-0.3, -0.25) is 0 Å². The second-order valence-electron chi connectivity index (χ2n) is 8.84. The summed E-state index contributed by atoms with van der Waals surface area (Å²) in [6.45, 7) is 0. The van der Waals surface area contributed by atoms with Crippen LogP contribution in [0.25, 0.3) is 17.0 Å². The highest BCUT2D eigenvalue weighted by Gasteiger charge is 2.25. The number of hydrogen-bond acceptors (Lipinski definition) is 9. The molecule has 0 radical (unpaired) electrons. The van der Waals surface area contributed by atoms with Gasteiger partial charge in [-0.15, -0.1) is 0 Å². The fourth-order valence-corrected chi connectivity index (χ4v) is 4.93. The van der Waals surface area contributed by atoms with Crippen LogP contribution >= 0.6 is 0 Å². The van der Waals surface area contributed by atoms with Gasteiger partial charge in [-0.2, -0.15) is 4.98 Å². The van der Waals surface area contributed by atoms with E-state index < -0.39 is 0 Å². The average molecular weight is 510 g/mol. The summed E-state index contributed by atoms with van der Waals surface area (Å²) in [5.74, 6) is 3.03. The van der Waals surface area contributed by atoms with Crippen molar-refractivity contribution in [3.63, 3.8) is 0 Å². The Balaban J connectivity index is 1.37. The average Bonchev–Trinajstić information content (AvgIpc) is 3.53. The van der Waals surface area contributed by atoms with E-state index in [1.165, 1.54) is 17.5 Å². The third-order valence-corrected chi connectivity index (χ3v) is 6.68. The van der Waals surface area contributed by atoms with Crippen molar-refractivity contribution in [1.29, 1.82) is 0 Å². The lowest BCUT2D eigenvalue weighted by Gasteiger charge is -2.16. The molecule has 0 saturated carbocycles. The molecule has 1 aliphatic carbocycles. The number of nitrogens with one attached hydrogen (secondary N) is 2. The van der Waals surface area contributed by atoms with Crippen molar-refractivity contribution in [3.8, 4) is 23.2 Å². The monoisotopic (exact) mass is 509 g/mol. The van der Waals surface area contributed by atoms with Crippen molar-refractivity contribution < 1.29 is 14.2 Å². The Morgan fingerprint density at radius 1 is 0.868 bits per heavy atom. The molecule has 0 saturated heterocycles. The van der Waals surface area contributed by atoms with Gasteiger partial charge in [-0.25, -0.2) is 19.5 Å². The molecule has 6 rings (SSSR count). The van der Waals surface area contributed by atoms with Gasteiger partial charge in [0.2, 0.25) is 23.6 Å². The Morgan fingerprint density at radius 3 is 2.42 bits per heavy atom. The lowest BCUT2D eigenvalue weighted by molar-refractivity contribution is 0.324. The number of ether oxygens (including phenoxy) is 3. The minimum Gasteiger partial charge on any atom is -0.493 e. The maximum Gasteiger partial charge on any atom is 0.241 e. The SMILES string of the molecule is COc1cc(Nc2ncnc(-n3c(NC4CCc5ccccc54)nc4ccccc43)n2)cc(OC)c1OC. The number of para-hydroxylation sites is 2. The Bertz CT molecular complexity index is 1590. The number of aromatic nitrogens is 5. The Kier molecular flexibility index (Phi) is 6.12. The van der Waals surface area contributed by atoms with Crippen LogP contribution in [0.1, 0.15) is 23.6 Å². The largest absolute Gasteiger partial charge is 0.493 e. The second-order valence-corrected chi connectivity index (χ2v) is 8.84. The molecule has 1 unspecified atom stereocenters. The molecule has 0 bridgehead atoms. The molecule has 2 heterocycles. The second kappa shape index (κ2) is 9.89. The molecule has 1 aliphatic rings. The lowest BCUT2D eigenvalue weighted by Crippen LogP contribution is -2.13. The third-order valence-electron chi connectivity index (χ3n) is 6.68. The minimum absolute atomic E-state index is 0.153. The highest BCUT2D eigenvalue weighted by atomic mass is 16.5. The van der Waals surface area contributed by atoms with Crippen molar-refractivity contribution in [3.05, 3.63) is 78.1 Å². The van der Waals surface area contributed by atoms with E-state index in [9.17, 15) is 0 Å². The molecule has 2 N–H and O–H groups in total. The summed E-state index contributed by atoms with van der Waals surface area (Å²) in [7, 11) is 4.71. The van der Waals surface area contributed by atoms with Gasteiger partial charge < -0.3 is 24.8 Å². The molecule has 38 heavy (non-hydrogen) atoms. The van der Waals surface area contributed by atoms with Crippen LogP contribution in [0, 0.1) is 0 Å². The van der Waals surface area contributed by atoms with Crippen LogP contribution in [0.15, 0.2) is 67.0 Å². The van der Waals surface area contributed by atoms with Gasteiger partial charge in [-0.1, -0.05) is 36.4 Å².